The van der Waals surface area contributed by atoms with Gasteiger partial charge in [0.05, 0.1) is 11.4 Å². The molecule has 3 N–H and O–H groups in total. The second kappa shape index (κ2) is 5.61. The third-order valence-corrected chi connectivity index (χ3v) is 3.42. The van der Waals surface area contributed by atoms with Gasteiger partial charge in [0.1, 0.15) is 6.04 Å². The highest BCUT2D eigenvalue weighted by Gasteiger charge is 2.24. The molecule has 19 heavy (non-hydrogen) atoms. The van der Waals surface area contributed by atoms with Crippen molar-refractivity contribution in [2.45, 2.75) is 32.7 Å². The molecular weight excluding hydrogens is 266 g/mol. The number of nitrogens with one attached hydrogen (secondary N) is 1. The molecule has 0 bridgehead atoms. The van der Waals surface area contributed by atoms with Crippen LogP contribution < -0.4 is 11.1 Å². The van der Waals surface area contributed by atoms with E-state index in [0.717, 1.165) is 25.9 Å². The lowest BCUT2D eigenvalue weighted by atomic mass is 10.2. The van der Waals surface area contributed by atoms with Crippen LogP contribution in [0.1, 0.15) is 25.5 Å². The number of nitrogens with zero attached hydrogens (tertiary/aromatic N) is 3. The van der Waals surface area contributed by atoms with Crippen LogP contribution in [0.5, 0.6) is 0 Å². The Bertz CT molecular complexity index is 487. The second-order valence-corrected chi connectivity index (χ2v) is 5.08. The summed E-state index contributed by atoms with van der Waals surface area (Å²) in [5, 5.41) is 3.14. The van der Waals surface area contributed by atoms with Crippen molar-refractivity contribution in [3.05, 3.63) is 11.0 Å². The van der Waals surface area contributed by atoms with Gasteiger partial charge in [-0.1, -0.05) is 0 Å². The topological polar surface area (TPSA) is 84.1 Å². The lowest BCUT2D eigenvalue weighted by Gasteiger charge is -2.22. The van der Waals surface area contributed by atoms with Crippen molar-refractivity contribution in [1.29, 1.82) is 0 Å². The molecule has 0 radical (unpaired) electrons. The van der Waals surface area contributed by atoms with Gasteiger partial charge in [0, 0.05) is 13.1 Å². The van der Waals surface area contributed by atoms with Gasteiger partial charge in [-0.3, -0.25) is 4.79 Å². The van der Waals surface area contributed by atoms with Gasteiger partial charge in [-0.2, -0.15) is 4.98 Å². The van der Waals surface area contributed by atoms with Gasteiger partial charge < -0.3 is 16.0 Å². The molecule has 2 heterocycles. The molecule has 1 aromatic rings. The van der Waals surface area contributed by atoms with Crippen molar-refractivity contribution in [3.8, 4) is 0 Å². The third kappa shape index (κ3) is 3.07. The van der Waals surface area contributed by atoms with E-state index in [1.807, 2.05) is 4.90 Å². The van der Waals surface area contributed by atoms with Crippen LogP contribution in [0.25, 0.3) is 0 Å². The molecule has 6 nitrogen and oxygen atoms in total. The number of aryl methyl sites for hydroxylation is 1. The van der Waals surface area contributed by atoms with Crippen LogP contribution in [-0.4, -0.2) is 39.9 Å². The highest BCUT2D eigenvalue weighted by atomic mass is 35.5. The number of carbonyl (C=O) groups is 1. The van der Waals surface area contributed by atoms with E-state index in [2.05, 4.69) is 15.3 Å². The van der Waals surface area contributed by atoms with Crippen molar-refractivity contribution >= 4 is 29.0 Å². The van der Waals surface area contributed by atoms with Gasteiger partial charge in [-0.15, -0.1) is 0 Å². The van der Waals surface area contributed by atoms with E-state index in [1.165, 1.54) is 0 Å². The maximum atomic E-state index is 12.2. The maximum absolute atomic E-state index is 12.2. The Morgan fingerprint density at radius 1 is 1.42 bits per heavy atom. The zero-order chi connectivity index (χ0) is 14.0. The highest BCUT2D eigenvalue weighted by Crippen LogP contribution is 2.22. The standard InChI is InChI=1S/C12H18ClN5O/c1-7-9(14)10(17-12(13)16-7)15-8(2)11(19)18-5-3-4-6-18/h8H,3-6,14H2,1-2H3,(H,15,16,17). The smallest absolute Gasteiger partial charge is 0.244 e. The minimum Gasteiger partial charge on any atom is -0.394 e. The molecule has 1 aliphatic rings. The summed E-state index contributed by atoms with van der Waals surface area (Å²) in [6.07, 6.45) is 2.14. The molecule has 0 aliphatic carbocycles. The van der Waals surface area contributed by atoms with E-state index in [0.29, 0.717) is 17.2 Å². The van der Waals surface area contributed by atoms with Gasteiger partial charge in [0.15, 0.2) is 5.82 Å². The summed E-state index contributed by atoms with van der Waals surface area (Å²) < 4.78 is 0. The highest BCUT2D eigenvalue weighted by molar-refractivity contribution is 6.28. The Balaban J connectivity index is 2.10. The second-order valence-electron chi connectivity index (χ2n) is 4.74. The fraction of sp³-hybridized carbons (Fsp3) is 0.583. The van der Waals surface area contributed by atoms with Gasteiger partial charge in [0.2, 0.25) is 11.2 Å². The summed E-state index contributed by atoms with van der Waals surface area (Å²) in [6.45, 7) is 5.19. The number of anilines is 2. The number of nitrogens with two attached hydrogens (primary N) is 1. The molecule has 0 saturated carbocycles. The average molecular weight is 284 g/mol. The molecule has 0 spiro atoms. The summed E-state index contributed by atoms with van der Waals surface area (Å²) in [5.41, 5.74) is 6.90. The van der Waals surface area contributed by atoms with Crippen molar-refractivity contribution in [3.63, 3.8) is 0 Å². The number of halogens is 1. The minimum atomic E-state index is -0.384. The van der Waals surface area contributed by atoms with E-state index in [1.54, 1.807) is 13.8 Å². The SMILES string of the molecule is Cc1nc(Cl)nc(NC(C)C(=O)N2CCCC2)c1N. The number of hydrogen-bond acceptors (Lipinski definition) is 5. The molecular formula is C12H18ClN5O. The van der Waals surface area contributed by atoms with Crippen LogP contribution in [-0.2, 0) is 4.79 Å². The van der Waals surface area contributed by atoms with Gasteiger partial charge in [-0.05, 0) is 38.3 Å². The quantitative estimate of drug-likeness (QED) is 0.820. The zero-order valence-corrected chi connectivity index (χ0v) is 11.9. The fourth-order valence-corrected chi connectivity index (χ4v) is 2.35. The summed E-state index contributed by atoms with van der Waals surface area (Å²) >= 11 is 5.80. The molecule has 1 saturated heterocycles. The first kappa shape index (κ1) is 13.9. The molecule has 1 atom stereocenters. The molecule has 1 aromatic heterocycles. The number of likely N-dealkylation sites (tertiary alicyclic amines) is 1. The van der Waals surface area contributed by atoms with Crippen molar-refractivity contribution in [2.75, 3.05) is 24.1 Å². The maximum Gasteiger partial charge on any atom is 0.244 e. The van der Waals surface area contributed by atoms with Crippen LogP contribution in [0.4, 0.5) is 11.5 Å². The Hall–Kier alpha value is -1.56. The number of amides is 1. The van der Waals surface area contributed by atoms with Crippen molar-refractivity contribution in [1.82, 2.24) is 14.9 Å². The summed E-state index contributed by atoms with van der Waals surface area (Å²) in [7, 11) is 0. The monoisotopic (exact) mass is 283 g/mol. The van der Waals surface area contributed by atoms with Crippen molar-refractivity contribution < 1.29 is 4.79 Å². The molecule has 0 aromatic carbocycles. The Morgan fingerprint density at radius 3 is 2.68 bits per heavy atom. The van der Waals surface area contributed by atoms with Crippen LogP contribution >= 0.6 is 11.6 Å². The molecule has 1 aliphatic heterocycles. The summed E-state index contributed by atoms with van der Waals surface area (Å²) in [5.74, 6) is 0.474. The lowest BCUT2D eigenvalue weighted by molar-refractivity contribution is -0.130. The number of rotatable bonds is 3. The van der Waals surface area contributed by atoms with Crippen molar-refractivity contribution in [2.24, 2.45) is 0 Å². The van der Waals surface area contributed by atoms with Gasteiger partial charge in [-0.25, -0.2) is 4.98 Å². The number of aromatic nitrogens is 2. The summed E-state index contributed by atoms with van der Waals surface area (Å²) in [6, 6.07) is -0.384. The normalized spacial score (nSPS) is 16.5. The number of carbonyl (C=O) groups excluding carboxylic acids is 1. The first-order valence-electron chi connectivity index (χ1n) is 6.34. The molecule has 1 amide bonds. The zero-order valence-electron chi connectivity index (χ0n) is 11.1. The van der Waals surface area contributed by atoms with Crippen LogP contribution in [0.15, 0.2) is 0 Å². The molecule has 7 heteroatoms. The molecule has 104 valence electrons. The first-order valence-corrected chi connectivity index (χ1v) is 6.71. The number of hydrogen-bond donors (Lipinski definition) is 2. The van der Waals surface area contributed by atoms with Gasteiger partial charge in [0.25, 0.3) is 0 Å². The lowest BCUT2D eigenvalue weighted by Crippen LogP contribution is -2.40. The summed E-state index contributed by atoms with van der Waals surface area (Å²) in [4.78, 5) is 22.0. The Morgan fingerprint density at radius 2 is 2.05 bits per heavy atom. The van der Waals surface area contributed by atoms with Gasteiger partial charge >= 0.3 is 0 Å². The van der Waals surface area contributed by atoms with E-state index in [4.69, 9.17) is 17.3 Å². The molecule has 1 fully saturated rings. The average Bonchev–Trinajstić information content (AvgIpc) is 2.88. The molecule has 2 rings (SSSR count). The third-order valence-electron chi connectivity index (χ3n) is 3.25. The minimum absolute atomic E-state index is 0.0595. The Kier molecular flexibility index (Phi) is 4.09. The predicted molar refractivity (Wildman–Crippen MR) is 75.1 cm³/mol. The number of nitrogen functional groups attached to an aromatic ring is 1. The van der Waals surface area contributed by atoms with E-state index < -0.39 is 0 Å². The Labute approximate surface area is 117 Å². The van der Waals surface area contributed by atoms with Crippen LogP contribution in [0.2, 0.25) is 5.28 Å². The van der Waals surface area contributed by atoms with Crippen LogP contribution in [0.3, 0.4) is 0 Å². The van der Waals surface area contributed by atoms with E-state index >= 15 is 0 Å². The largest absolute Gasteiger partial charge is 0.394 e. The first-order chi connectivity index (χ1) is 8.99. The van der Waals surface area contributed by atoms with E-state index in [-0.39, 0.29) is 17.2 Å². The fourth-order valence-electron chi connectivity index (χ4n) is 2.14. The predicted octanol–water partition coefficient (Wildman–Crippen LogP) is 1.44. The molecule has 1 unspecified atom stereocenters. The van der Waals surface area contributed by atoms with Crippen LogP contribution in [0, 0.1) is 6.92 Å². The van der Waals surface area contributed by atoms with E-state index in [9.17, 15) is 4.79 Å².